The molecule has 1 aliphatic carbocycles. The van der Waals surface area contributed by atoms with E-state index in [0.717, 1.165) is 16.7 Å². The van der Waals surface area contributed by atoms with Crippen molar-refractivity contribution in [2.24, 2.45) is 5.92 Å². The summed E-state index contributed by atoms with van der Waals surface area (Å²) in [6.07, 6.45) is 1.51. The SMILES string of the molecule is O=C1CC(C(=O)NCCc2ccc(F)cc2)Cc2ccccc21. The minimum absolute atomic E-state index is 0.0329. The minimum Gasteiger partial charge on any atom is -0.356 e. The molecule has 0 bridgehead atoms. The average Bonchev–Trinajstić information content (AvgIpc) is 2.56. The topological polar surface area (TPSA) is 46.2 Å². The molecule has 2 aromatic carbocycles. The molecule has 1 aliphatic rings. The number of ketones is 1. The van der Waals surface area contributed by atoms with Crippen molar-refractivity contribution in [2.75, 3.05) is 6.54 Å². The molecule has 23 heavy (non-hydrogen) atoms. The molecule has 0 heterocycles. The van der Waals surface area contributed by atoms with E-state index in [1.54, 1.807) is 12.1 Å². The molecule has 1 N–H and O–H groups in total. The van der Waals surface area contributed by atoms with E-state index >= 15 is 0 Å². The smallest absolute Gasteiger partial charge is 0.223 e. The molecule has 0 spiro atoms. The lowest BCUT2D eigenvalue weighted by Gasteiger charge is -2.22. The van der Waals surface area contributed by atoms with Crippen LogP contribution in [0, 0.1) is 11.7 Å². The van der Waals surface area contributed by atoms with Gasteiger partial charge in [0, 0.05) is 24.4 Å². The first kappa shape index (κ1) is 15.4. The van der Waals surface area contributed by atoms with Gasteiger partial charge in [-0.1, -0.05) is 36.4 Å². The van der Waals surface area contributed by atoms with Gasteiger partial charge in [-0.3, -0.25) is 9.59 Å². The Balaban J connectivity index is 1.55. The summed E-state index contributed by atoms with van der Waals surface area (Å²) in [6, 6.07) is 13.7. The van der Waals surface area contributed by atoms with Gasteiger partial charge in [0.1, 0.15) is 5.82 Å². The Morgan fingerprint density at radius 3 is 2.61 bits per heavy atom. The number of hydrogen-bond donors (Lipinski definition) is 1. The number of carbonyl (C=O) groups is 2. The molecule has 0 fully saturated rings. The Bertz CT molecular complexity index is 724. The zero-order valence-corrected chi connectivity index (χ0v) is 12.7. The van der Waals surface area contributed by atoms with Crippen LogP contribution in [-0.2, 0) is 17.6 Å². The number of halogens is 1. The summed E-state index contributed by atoms with van der Waals surface area (Å²) in [5, 5.41) is 2.88. The fraction of sp³-hybridized carbons (Fsp3) is 0.263. The highest BCUT2D eigenvalue weighted by Crippen LogP contribution is 2.25. The number of nitrogens with one attached hydrogen (secondary N) is 1. The van der Waals surface area contributed by atoms with E-state index in [4.69, 9.17) is 0 Å². The lowest BCUT2D eigenvalue weighted by atomic mass is 9.82. The van der Waals surface area contributed by atoms with Crippen molar-refractivity contribution in [2.45, 2.75) is 19.3 Å². The van der Waals surface area contributed by atoms with Gasteiger partial charge in [0.25, 0.3) is 0 Å². The fourth-order valence-corrected chi connectivity index (χ4v) is 2.95. The number of hydrogen-bond acceptors (Lipinski definition) is 2. The highest BCUT2D eigenvalue weighted by atomic mass is 19.1. The fourth-order valence-electron chi connectivity index (χ4n) is 2.95. The van der Waals surface area contributed by atoms with Gasteiger partial charge in [0.2, 0.25) is 5.91 Å². The predicted molar refractivity (Wildman–Crippen MR) is 85.7 cm³/mol. The van der Waals surface area contributed by atoms with Crippen LogP contribution in [0.15, 0.2) is 48.5 Å². The van der Waals surface area contributed by atoms with E-state index in [1.807, 2.05) is 24.3 Å². The number of carbonyl (C=O) groups excluding carboxylic acids is 2. The van der Waals surface area contributed by atoms with E-state index < -0.39 is 0 Å². The van der Waals surface area contributed by atoms with E-state index in [2.05, 4.69) is 5.32 Å². The van der Waals surface area contributed by atoms with Crippen LogP contribution in [0.1, 0.15) is 27.9 Å². The molecule has 3 nitrogen and oxygen atoms in total. The van der Waals surface area contributed by atoms with E-state index in [-0.39, 0.29) is 29.8 Å². The van der Waals surface area contributed by atoms with Crippen LogP contribution in [0.5, 0.6) is 0 Å². The van der Waals surface area contributed by atoms with Gasteiger partial charge in [-0.25, -0.2) is 4.39 Å². The molecule has 0 aromatic heterocycles. The summed E-state index contributed by atoms with van der Waals surface area (Å²) < 4.78 is 12.8. The van der Waals surface area contributed by atoms with Crippen LogP contribution < -0.4 is 5.32 Å². The van der Waals surface area contributed by atoms with Crippen molar-refractivity contribution in [1.29, 1.82) is 0 Å². The Labute approximate surface area is 134 Å². The summed E-state index contributed by atoms with van der Waals surface area (Å²) in [4.78, 5) is 24.4. The molecule has 1 unspecified atom stereocenters. The van der Waals surface area contributed by atoms with Crippen molar-refractivity contribution in [3.8, 4) is 0 Å². The Morgan fingerprint density at radius 1 is 1.09 bits per heavy atom. The Kier molecular flexibility index (Phi) is 4.51. The zero-order chi connectivity index (χ0) is 16.2. The molecular formula is C19H18FNO2. The molecule has 3 rings (SSSR count). The van der Waals surface area contributed by atoms with Crippen LogP contribution in [0.4, 0.5) is 4.39 Å². The van der Waals surface area contributed by atoms with Crippen LogP contribution in [0.3, 0.4) is 0 Å². The van der Waals surface area contributed by atoms with Crippen molar-refractivity contribution >= 4 is 11.7 Å². The molecule has 0 saturated carbocycles. The van der Waals surface area contributed by atoms with Crippen LogP contribution in [0.25, 0.3) is 0 Å². The highest BCUT2D eigenvalue weighted by molar-refractivity contribution is 6.01. The number of rotatable bonds is 4. The number of benzene rings is 2. The van der Waals surface area contributed by atoms with Crippen LogP contribution >= 0.6 is 0 Å². The maximum absolute atomic E-state index is 12.8. The average molecular weight is 311 g/mol. The van der Waals surface area contributed by atoms with Crippen LogP contribution in [-0.4, -0.2) is 18.2 Å². The summed E-state index contributed by atoms with van der Waals surface area (Å²) in [7, 11) is 0. The molecule has 2 aromatic rings. The number of fused-ring (bicyclic) bond motifs is 1. The second kappa shape index (κ2) is 6.73. The van der Waals surface area contributed by atoms with E-state index in [0.29, 0.717) is 19.4 Å². The third-order valence-corrected chi connectivity index (χ3v) is 4.21. The molecule has 0 aliphatic heterocycles. The largest absolute Gasteiger partial charge is 0.356 e. The molecule has 1 amide bonds. The quantitative estimate of drug-likeness (QED) is 0.943. The van der Waals surface area contributed by atoms with Crippen molar-refractivity contribution in [3.05, 3.63) is 71.0 Å². The summed E-state index contributed by atoms with van der Waals surface area (Å²) in [6.45, 7) is 0.483. The standard InChI is InChI=1S/C19H18FNO2/c20-16-7-5-13(6-8-16)9-10-21-19(23)15-11-14-3-1-2-4-17(14)18(22)12-15/h1-8,15H,9-12H2,(H,21,23). The maximum Gasteiger partial charge on any atom is 0.223 e. The van der Waals surface area contributed by atoms with Gasteiger partial charge in [0.15, 0.2) is 5.78 Å². The number of Topliss-reactive ketones (excluding diaryl/α,β-unsaturated/α-hetero) is 1. The molecule has 0 radical (unpaired) electrons. The zero-order valence-electron chi connectivity index (χ0n) is 12.7. The lowest BCUT2D eigenvalue weighted by molar-refractivity contribution is -0.125. The lowest BCUT2D eigenvalue weighted by Crippen LogP contribution is -2.36. The summed E-state index contributed by atoms with van der Waals surface area (Å²) in [5.41, 5.74) is 2.65. The molecular weight excluding hydrogens is 293 g/mol. The van der Waals surface area contributed by atoms with Gasteiger partial charge in [0.05, 0.1) is 0 Å². The Morgan fingerprint density at radius 2 is 1.83 bits per heavy atom. The third kappa shape index (κ3) is 3.65. The monoisotopic (exact) mass is 311 g/mol. The normalized spacial score (nSPS) is 16.7. The second-order valence-corrected chi connectivity index (χ2v) is 5.85. The van der Waals surface area contributed by atoms with Crippen molar-refractivity contribution < 1.29 is 14.0 Å². The van der Waals surface area contributed by atoms with Gasteiger partial charge in [-0.05, 0) is 36.1 Å². The molecule has 4 heteroatoms. The first-order valence-corrected chi connectivity index (χ1v) is 7.77. The van der Waals surface area contributed by atoms with Crippen molar-refractivity contribution in [3.63, 3.8) is 0 Å². The Hall–Kier alpha value is -2.49. The summed E-state index contributed by atoms with van der Waals surface area (Å²) in [5.74, 6) is -0.622. The molecule has 1 atom stereocenters. The van der Waals surface area contributed by atoms with Crippen molar-refractivity contribution in [1.82, 2.24) is 5.32 Å². The summed E-state index contributed by atoms with van der Waals surface area (Å²) >= 11 is 0. The first-order chi connectivity index (χ1) is 11.1. The maximum atomic E-state index is 12.8. The highest BCUT2D eigenvalue weighted by Gasteiger charge is 2.29. The minimum atomic E-state index is -0.300. The first-order valence-electron chi connectivity index (χ1n) is 7.77. The van der Waals surface area contributed by atoms with Crippen LogP contribution in [0.2, 0.25) is 0 Å². The predicted octanol–water partition coefficient (Wildman–Crippen LogP) is 2.93. The van der Waals surface area contributed by atoms with Gasteiger partial charge in [-0.2, -0.15) is 0 Å². The van der Waals surface area contributed by atoms with Gasteiger partial charge in [-0.15, -0.1) is 0 Å². The molecule has 0 saturated heterocycles. The second-order valence-electron chi connectivity index (χ2n) is 5.85. The van der Waals surface area contributed by atoms with Gasteiger partial charge < -0.3 is 5.32 Å². The van der Waals surface area contributed by atoms with E-state index in [1.165, 1.54) is 12.1 Å². The molecule has 118 valence electrons. The van der Waals surface area contributed by atoms with Gasteiger partial charge >= 0.3 is 0 Å². The number of amides is 1. The third-order valence-electron chi connectivity index (χ3n) is 4.21. The van der Waals surface area contributed by atoms with E-state index in [9.17, 15) is 14.0 Å².